The zero-order valence-electron chi connectivity index (χ0n) is 13.4. The first-order valence-electron chi connectivity index (χ1n) is 8.34. The van der Waals surface area contributed by atoms with E-state index in [-0.39, 0.29) is 11.9 Å². The number of rotatable bonds is 2. The summed E-state index contributed by atoms with van der Waals surface area (Å²) in [5.74, 6) is -0.107. The molecule has 0 saturated heterocycles. The van der Waals surface area contributed by atoms with Gasteiger partial charge in [0.05, 0.1) is 5.69 Å². The van der Waals surface area contributed by atoms with E-state index in [1.807, 2.05) is 36.5 Å². The van der Waals surface area contributed by atoms with E-state index in [1.165, 1.54) is 11.1 Å². The van der Waals surface area contributed by atoms with Crippen molar-refractivity contribution in [1.29, 1.82) is 0 Å². The lowest BCUT2D eigenvalue weighted by Gasteiger charge is -2.14. The lowest BCUT2D eigenvalue weighted by atomic mass is 9.97. The molecule has 2 aromatic heterocycles. The number of nitrogens with one attached hydrogen (secondary N) is 2. The molecule has 0 aliphatic heterocycles. The van der Waals surface area contributed by atoms with Gasteiger partial charge in [0.2, 0.25) is 0 Å². The SMILES string of the molecule is NC1CCCCc2cc(C(=O)Nc3ccnc4[nH]ccc34)ccc21. The standard InChI is InChI=1S/C19H20N4O/c20-16-4-2-1-3-12-11-13(5-6-14(12)16)19(24)23-17-8-10-22-18-15(17)7-9-21-18/h5-11,16H,1-4,20H2,(H2,21,22,23,24). The van der Waals surface area contributed by atoms with Gasteiger partial charge in [-0.1, -0.05) is 12.5 Å². The lowest BCUT2D eigenvalue weighted by molar-refractivity contribution is 0.102. The molecule has 2 heterocycles. The van der Waals surface area contributed by atoms with Crippen LogP contribution in [-0.4, -0.2) is 15.9 Å². The van der Waals surface area contributed by atoms with Gasteiger partial charge in [-0.05, 0) is 54.7 Å². The summed E-state index contributed by atoms with van der Waals surface area (Å²) in [5.41, 5.74) is 10.8. The van der Waals surface area contributed by atoms with Crippen molar-refractivity contribution in [1.82, 2.24) is 9.97 Å². The Bertz CT molecular complexity index is 899. The smallest absolute Gasteiger partial charge is 0.255 e. The van der Waals surface area contributed by atoms with E-state index >= 15 is 0 Å². The van der Waals surface area contributed by atoms with Crippen LogP contribution in [-0.2, 0) is 6.42 Å². The fourth-order valence-electron chi connectivity index (χ4n) is 3.42. The normalized spacial score (nSPS) is 17.3. The number of H-pyrrole nitrogens is 1. The van der Waals surface area contributed by atoms with Crippen molar-refractivity contribution in [3.05, 3.63) is 59.4 Å². The fourth-order valence-corrected chi connectivity index (χ4v) is 3.42. The summed E-state index contributed by atoms with van der Waals surface area (Å²) in [5, 5.41) is 3.90. The van der Waals surface area contributed by atoms with Gasteiger partial charge in [-0.2, -0.15) is 0 Å². The number of fused-ring (bicyclic) bond motifs is 2. The van der Waals surface area contributed by atoms with Gasteiger partial charge in [-0.15, -0.1) is 0 Å². The average Bonchev–Trinajstić information content (AvgIpc) is 3.00. The maximum absolute atomic E-state index is 12.7. The topological polar surface area (TPSA) is 83.8 Å². The second-order valence-electron chi connectivity index (χ2n) is 6.32. The summed E-state index contributed by atoms with van der Waals surface area (Å²) in [7, 11) is 0. The first-order valence-corrected chi connectivity index (χ1v) is 8.34. The number of aromatic nitrogens is 2. The third kappa shape index (κ3) is 2.67. The maximum Gasteiger partial charge on any atom is 0.255 e. The van der Waals surface area contributed by atoms with Crippen LogP contribution in [0.4, 0.5) is 5.69 Å². The van der Waals surface area contributed by atoms with Crippen LogP contribution in [0.1, 0.15) is 46.8 Å². The highest BCUT2D eigenvalue weighted by Crippen LogP contribution is 2.28. The Morgan fingerprint density at radius 2 is 2.17 bits per heavy atom. The van der Waals surface area contributed by atoms with Crippen LogP contribution in [0, 0.1) is 0 Å². The van der Waals surface area contributed by atoms with Gasteiger partial charge < -0.3 is 16.0 Å². The molecule has 24 heavy (non-hydrogen) atoms. The number of carbonyl (C=O) groups is 1. The van der Waals surface area contributed by atoms with Crippen LogP contribution in [0.3, 0.4) is 0 Å². The third-order valence-electron chi connectivity index (χ3n) is 4.72. The molecule has 0 saturated carbocycles. The quantitative estimate of drug-likeness (QED) is 0.631. The van der Waals surface area contributed by atoms with E-state index in [4.69, 9.17) is 5.73 Å². The van der Waals surface area contributed by atoms with E-state index in [0.29, 0.717) is 5.56 Å². The molecule has 0 spiro atoms. The van der Waals surface area contributed by atoms with Crippen molar-refractivity contribution >= 4 is 22.6 Å². The Morgan fingerprint density at radius 3 is 3.08 bits per heavy atom. The zero-order chi connectivity index (χ0) is 16.5. The minimum Gasteiger partial charge on any atom is -0.346 e. The second kappa shape index (κ2) is 6.09. The van der Waals surface area contributed by atoms with E-state index in [2.05, 4.69) is 15.3 Å². The first-order chi connectivity index (χ1) is 11.7. The largest absolute Gasteiger partial charge is 0.346 e. The fraction of sp³-hybridized carbons (Fsp3) is 0.263. The molecule has 5 heteroatoms. The molecule has 1 aromatic carbocycles. The van der Waals surface area contributed by atoms with Gasteiger partial charge in [-0.3, -0.25) is 4.79 Å². The van der Waals surface area contributed by atoms with Crippen LogP contribution < -0.4 is 11.1 Å². The number of hydrogen-bond donors (Lipinski definition) is 3. The van der Waals surface area contributed by atoms with Gasteiger partial charge in [-0.25, -0.2) is 4.98 Å². The minimum absolute atomic E-state index is 0.0827. The number of amides is 1. The maximum atomic E-state index is 12.7. The van der Waals surface area contributed by atoms with E-state index in [0.717, 1.165) is 42.4 Å². The highest BCUT2D eigenvalue weighted by Gasteiger charge is 2.17. The predicted octanol–water partition coefficient (Wildman–Crippen LogP) is 3.54. The van der Waals surface area contributed by atoms with Crippen LogP contribution in [0.5, 0.6) is 0 Å². The number of pyridine rings is 1. The molecule has 0 fully saturated rings. The Labute approximate surface area is 140 Å². The molecule has 1 unspecified atom stereocenters. The molecular weight excluding hydrogens is 300 g/mol. The molecule has 1 aliphatic carbocycles. The van der Waals surface area contributed by atoms with Gasteiger partial charge in [0.1, 0.15) is 5.65 Å². The molecule has 1 aliphatic rings. The number of nitrogens with two attached hydrogens (primary N) is 1. The van der Waals surface area contributed by atoms with Crippen molar-refractivity contribution in [3.63, 3.8) is 0 Å². The summed E-state index contributed by atoms with van der Waals surface area (Å²) < 4.78 is 0. The van der Waals surface area contributed by atoms with Crippen LogP contribution in [0.15, 0.2) is 42.7 Å². The van der Waals surface area contributed by atoms with Gasteiger partial charge in [0, 0.05) is 29.4 Å². The lowest BCUT2D eigenvalue weighted by Crippen LogP contribution is -2.15. The molecule has 1 amide bonds. The second-order valence-corrected chi connectivity index (χ2v) is 6.32. The Balaban J connectivity index is 1.63. The van der Waals surface area contributed by atoms with E-state index in [1.54, 1.807) is 6.20 Å². The van der Waals surface area contributed by atoms with Crippen molar-refractivity contribution < 1.29 is 4.79 Å². The third-order valence-corrected chi connectivity index (χ3v) is 4.72. The van der Waals surface area contributed by atoms with E-state index < -0.39 is 0 Å². The summed E-state index contributed by atoms with van der Waals surface area (Å²) in [6.07, 6.45) is 7.77. The predicted molar refractivity (Wildman–Crippen MR) is 95.0 cm³/mol. The van der Waals surface area contributed by atoms with Gasteiger partial charge >= 0.3 is 0 Å². The molecule has 3 aromatic rings. The molecule has 4 rings (SSSR count). The number of benzene rings is 1. The van der Waals surface area contributed by atoms with Crippen molar-refractivity contribution in [2.45, 2.75) is 31.7 Å². The summed E-state index contributed by atoms with van der Waals surface area (Å²) in [6.45, 7) is 0. The zero-order valence-corrected chi connectivity index (χ0v) is 13.4. The molecule has 0 bridgehead atoms. The molecule has 4 N–H and O–H groups in total. The molecule has 5 nitrogen and oxygen atoms in total. The highest BCUT2D eigenvalue weighted by molar-refractivity contribution is 6.08. The Hall–Kier alpha value is -2.66. The van der Waals surface area contributed by atoms with Crippen LogP contribution in [0.2, 0.25) is 0 Å². The van der Waals surface area contributed by atoms with Crippen LogP contribution in [0.25, 0.3) is 11.0 Å². The minimum atomic E-state index is -0.107. The Kier molecular flexibility index (Phi) is 3.78. The number of aryl methyl sites for hydroxylation is 1. The number of hydrogen-bond acceptors (Lipinski definition) is 3. The molecule has 1 atom stereocenters. The van der Waals surface area contributed by atoms with Gasteiger partial charge in [0.25, 0.3) is 5.91 Å². The number of anilines is 1. The van der Waals surface area contributed by atoms with Crippen molar-refractivity contribution in [3.8, 4) is 0 Å². The first kappa shape index (κ1) is 14.9. The van der Waals surface area contributed by atoms with Crippen molar-refractivity contribution in [2.24, 2.45) is 5.73 Å². The summed E-state index contributed by atoms with van der Waals surface area (Å²) in [4.78, 5) is 19.9. The number of carbonyl (C=O) groups excluding carboxylic acids is 1. The number of nitrogens with zero attached hydrogens (tertiary/aromatic N) is 1. The highest BCUT2D eigenvalue weighted by atomic mass is 16.1. The monoisotopic (exact) mass is 320 g/mol. The van der Waals surface area contributed by atoms with E-state index in [9.17, 15) is 4.79 Å². The van der Waals surface area contributed by atoms with Crippen molar-refractivity contribution in [2.75, 3.05) is 5.32 Å². The molecular formula is C19H20N4O. The van der Waals surface area contributed by atoms with Gasteiger partial charge in [0.15, 0.2) is 0 Å². The number of aromatic amines is 1. The van der Waals surface area contributed by atoms with Crippen LogP contribution >= 0.6 is 0 Å². The summed E-state index contributed by atoms with van der Waals surface area (Å²) in [6, 6.07) is 9.68. The summed E-state index contributed by atoms with van der Waals surface area (Å²) >= 11 is 0. The Morgan fingerprint density at radius 1 is 1.25 bits per heavy atom. The average molecular weight is 320 g/mol. The molecule has 0 radical (unpaired) electrons. The molecule has 122 valence electrons.